The van der Waals surface area contributed by atoms with Gasteiger partial charge in [0.2, 0.25) is 11.5 Å². The van der Waals surface area contributed by atoms with Gasteiger partial charge in [0.15, 0.2) is 11.5 Å². The van der Waals surface area contributed by atoms with Crippen molar-refractivity contribution in [3.63, 3.8) is 0 Å². The molecule has 1 heterocycles. The van der Waals surface area contributed by atoms with Crippen LogP contribution >= 0.6 is 0 Å². The molecule has 0 fully saturated rings. The van der Waals surface area contributed by atoms with Crippen molar-refractivity contribution in [2.75, 3.05) is 0 Å². The molecule has 4 N–H and O–H groups in total. The molecule has 0 amide bonds. The molecule has 0 radical (unpaired) electrons. The number of hydrogen-bond acceptors (Lipinski definition) is 5. The minimum absolute atomic E-state index is 0.248. The van der Waals surface area contributed by atoms with Crippen LogP contribution in [-0.2, 0) is 0 Å². The van der Waals surface area contributed by atoms with Crippen LogP contribution in [0.4, 0.5) is 0 Å². The van der Waals surface area contributed by atoms with Crippen LogP contribution in [0.25, 0.3) is 32.6 Å². The molecule has 22 heavy (non-hydrogen) atoms. The molecule has 0 atom stereocenters. The fourth-order valence-corrected chi connectivity index (χ4v) is 2.77. The van der Waals surface area contributed by atoms with Crippen molar-refractivity contribution in [2.45, 2.75) is 0 Å². The third-order valence-electron chi connectivity index (χ3n) is 3.86. The molecule has 0 saturated carbocycles. The quantitative estimate of drug-likeness (QED) is 0.173. The van der Waals surface area contributed by atoms with Gasteiger partial charge in [0.25, 0.3) is 0 Å². The lowest BCUT2D eigenvalue weighted by Gasteiger charge is -2.11. The second kappa shape index (κ2) is 4.14. The number of rotatable bonds is 0. The molecular formula is C17H11NO4. The van der Waals surface area contributed by atoms with Crippen LogP contribution in [0.3, 0.4) is 0 Å². The van der Waals surface area contributed by atoms with Gasteiger partial charge in [0.05, 0.1) is 11.0 Å². The van der Waals surface area contributed by atoms with Gasteiger partial charge in [0, 0.05) is 21.5 Å². The number of para-hydroxylation sites is 1. The number of aromatic nitrogens is 1. The van der Waals surface area contributed by atoms with Gasteiger partial charge in [-0.25, -0.2) is 4.98 Å². The van der Waals surface area contributed by atoms with Crippen LogP contribution in [0.15, 0.2) is 42.5 Å². The van der Waals surface area contributed by atoms with Gasteiger partial charge < -0.3 is 20.4 Å². The van der Waals surface area contributed by atoms with Gasteiger partial charge in [-0.05, 0) is 24.3 Å². The average molecular weight is 293 g/mol. The van der Waals surface area contributed by atoms with Crippen molar-refractivity contribution in [1.82, 2.24) is 4.98 Å². The topological polar surface area (TPSA) is 93.8 Å². The largest absolute Gasteiger partial charge is 0.504 e. The lowest BCUT2D eigenvalue weighted by Crippen LogP contribution is -1.86. The van der Waals surface area contributed by atoms with Crippen LogP contribution in [0.2, 0.25) is 0 Å². The molecule has 4 rings (SSSR count). The van der Waals surface area contributed by atoms with E-state index in [1.807, 2.05) is 30.3 Å². The average Bonchev–Trinajstić information content (AvgIpc) is 2.55. The van der Waals surface area contributed by atoms with E-state index in [9.17, 15) is 20.4 Å². The van der Waals surface area contributed by atoms with Gasteiger partial charge in [-0.2, -0.15) is 0 Å². The van der Waals surface area contributed by atoms with Crippen LogP contribution in [0.1, 0.15) is 0 Å². The number of nitrogens with zero attached hydrogens (tertiary/aromatic N) is 1. The molecule has 0 spiro atoms. The molecule has 0 aliphatic rings. The van der Waals surface area contributed by atoms with Gasteiger partial charge in [-0.3, -0.25) is 0 Å². The lowest BCUT2D eigenvalue weighted by molar-refractivity contribution is 0.351. The van der Waals surface area contributed by atoms with E-state index in [2.05, 4.69) is 4.98 Å². The van der Waals surface area contributed by atoms with E-state index in [4.69, 9.17) is 0 Å². The summed E-state index contributed by atoms with van der Waals surface area (Å²) < 4.78 is 0. The van der Waals surface area contributed by atoms with Crippen molar-refractivity contribution in [2.24, 2.45) is 0 Å². The maximum Gasteiger partial charge on any atom is 0.204 e. The number of pyridine rings is 1. The second-order valence-corrected chi connectivity index (χ2v) is 5.13. The first kappa shape index (κ1) is 12.5. The fraction of sp³-hybridized carbons (Fsp3) is 0. The van der Waals surface area contributed by atoms with E-state index in [0.717, 1.165) is 10.9 Å². The summed E-state index contributed by atoms with van der Waals surface area (Å²) in [6, 6.07) is 12.6. The van der Waals surface area contributed by atoms with Gasteiger partial charge >= 0.3 is 0 Å². The number of aromatic hydroxyl groups is 4. The molecular weight excluding hydrogens is 282 g/mol. The molecule has 3 aromatic carbocycles. The van der Waals surface area contributed by atoms with E-state index in [1.165, 1.54) is 0 Å². The Bertz CT molecular complexity index is 1070. The number of phenols is 4. The van der Waals surface area contributed by atoms with Crippen molar-refractivity contribution in [1.29, 1.82) is 0 Å². The predicted octanol–water partition coefficient (Wildman–Crippen LogP) is 3.36. The van der Waals surface area contributed by atoms with Crippen molar-refractivity contribution in [3.05, 3.63) is 42.5 Å². The molecule has 0 unspecified atom stereocenters. The Morgan fingerprint density at radius 3 is 2.18 bits per heavy atom. The molecule has 1 aromatic heterocycles. The third kappa shape index (κ3) is 1.50. The predicted molar refractivity (Wildman–Crippen MR) is 83.4 cm³/mol. The van der Waals surface area contributed by atoms with Gasteiger partial charge in [-0.15, -0.1) is 0 Å². The highest BCUT2D eigenvalue weighted by molar-refractivity contribution is 6.15. The Morgan fingerprint density at radius 1 is 0.636 bits per heavy atom. The smallest absolute Gasteiger partial charge is 0.204 e. The van der Waals surface area contributed by atoms with Gasteiger partial charge in [0.1, 0.15) is 0 Å². The number of hydrogen-bond donors (Lipinski definition) is 4. The van der Waals surface area contributed by atoms with Crippen molar-refractivity contribution >= 4 is 32.6 Å². The van der Waals surface area contributed by atoms with E-state index < -0.39 is 23.0 Å². The first-order valence-corrected chi connectivity index (χ1v) is 6.66. The summed E-state index contributed by atoms with van der Waals surface area (Å²) in [5.41, 5.74) is 1.42. The summed E-state index contributed by atoms with van der Waals surface area (Å²) in [6.07, 6.45) is 0. The first-order valence-electron chi connectivity index (χ1n) is 6.66. The fourth-order valence-electron chi connectivity index (χ4n) is 2.77. The van der Waals surface area contributed by atoms with E-state index >= 15 is 0 Å². The minimum atomic E-state index is -0.745. The maximum atomic E-state index is 10.2. The molecule has 0 aliphatic carbocycles. The molecule has 5 heteroatoms. The van der Waals surface area contributed by atoms with Crippen LogP contribution < -0.4 is 0 Å². The normalized spacial score (nSPS) is 11.5. The molecule has 4 aromatic rings. The summed E-state index contributed by atoms with van der Waals surface area (Å²) in [5, 5.41) is 41.6. The van der Waals surface area contributed by atoms with Crippen LogP contribution in [-0.4, -0.2) is 25.4 Å². The summed E-state index contributed by atoms with van der Waals surface area (Å²) >= 11 is 0. The number of benzene rings is 3. The monoisotopic (exact) mass is 293 g/mol. The number of phenolic OH excluding ortho intramolecular Hbond substituents is 4. The lowest BCUT2D eigenvalue weighted by atomic mass is 10.0. The highest BCUT2D eigenvalue weighted by Gasteiger charge is 2.20. The molecule has 0 aliphatic heterocycles. The van der Waals surface area contributed by atoms with Gasteiger partial charge in [-0.1, -0.05) is 18.2 Å². The Balaban J connectivity index is 2.30. The maximum absolute atomic E-state index is 10.2. The highest BCUT2D eigenvalue weighted by atomic mass is 16.3. The molecule has 0 bridgehead atoms. The van der Waals surface area contributed by atoms with E-state index in [1.54, 1.807) is 12.1 Å². The zero-order chi connectivity index (χ0) is 15.4. The zero-order valence-electron chi connectivity index (χ0n) is 11.3. The Hall–Kier alpha value is -3.21. The highest BCUT2D eigenvalue weighted by Crippen LogP contribution is 2.50. The molecule has 0 saturated heterocycles. The number of fused-ring (bicyclic) bond motifs is 4. The Morgan fingerprint density at radius 2 is 1.36 bits per heavy atom. The Kier molecular flexibility index (Phi) is 2.36. The Labute approximate surface area is 124 Å². The standard InChI is InChI=1S/C17H11NO4/c19-14-9-5-6-12-10(13(9)15(20)17(22)16(14)21)7-8-3-1-2-4-11(8)18-12/h1-7,19-22H. The first-order chi connectivity index (χ1) is 10.6. The zero-order valence-corrected chi connectivity index (χ0v) is 11.3. The molecule has 5 nitrogen and oxygen atoms in total. The van der Waals surface area contributed by atoms with E-state index in [0.29, 0.717) is 10.9 Å². The summed E-state index contributed by atoms with van der Waals surface area (Å²) in [6.45, 7) is 0. The van der Waals surface area contributed by atoms with Crippen LogP contribution in [0.5, 0.6) is 23.0 Å². The summed E-state index contributed by atoms with van der Waals surface area (Å²) in [7, 11) is 0. The molecule has 108 valence electrons. The van der Waals surface area contributed by atoms with Crippen molar-refractivity contribution < 1.29 is 20.4 Å². The van der Waals surface area contributed by atoms with E-state index in [-0.39, 0.29) is 10.8 Å². The third-order valence-corrected chi connectivity index (χ3v) is 3.86. The summed E-state index contributed by atoms with van der Waals surface area (Å²) in [5.74, 6) is -2.43. The SMILES string of the molecule is Oc1c(O)c(O)c2c(ccc3nc4ccccc4cc32)c1O. The van der Waals surface area contributed by atoms with Crippen molar-refractivity contribution in [3.8, 4) is 23.0 Å². The minimum Gasteiger partial charge on any atom is -0.504 e. The van der Waals surface area contributed by atoms with Crippen LogP contribution in [0, 0.1) is 0 Å². The second-order valence-electron chi connectivity index (χ2n) is 5.13. The summed E-state index contributed by atoms with van der Waals surface area (Å²) in [4.78, 5) is 4.51.